The lowest BCUT2D eigenvalue weighted by Gasteiger charge is -2.26. The van der Waals surface area contributed by atoms with Crippen molar-refractivity contribution < 1.29 is 8.42 Å². The van der Waals surface area contributed by atoms with E-state index >= 15 is 0 Å². The number of hydrogen-bond donors (Lipinski definition) is 0. The van der Waals surface area contributed by atoms with Gasteiger partial charge in [-0.2, -0.15) is 0 Å². The van der Waals surface area contributed by atoms with Crippen LogP contribution < -0.4 is 0 Å². The maximum atomic E-state index is 13.1. The Hall–Kier alpha value is -1.73. The van der Waals surface area contributed by atoms with Crippen LogP contribution in [-0.2, 0) is 29.5 Å². The predicted molar refractivity (Wildman–Crippen MR) is 118 cm³/mol. The van der Waals surface area contributed by atoms with E-state index in [4.69, 9.17) is 0 Å². The quantitative estimate of drug-likeness (QED) is 0.568. The van der Waals surface area contributed by atoms with E-state index in [0.717, 1.165) is 38.2 Å². The molecule has 2 fully saturated rings. The van der Waals surface area contributed by atoms with E-state index in [1.54, 1.807) is 6.20 Å². The fourth-order valence-electron chi connectivity index (χ4n) is 4.51. The molecule has 0 unspecified atom stereocenters. The van der Waals surface area contributed by atoms with Gasteiger partial charge < -0.3 is 4.57 Å². The van der Waals surface area contributed by atoms with Crippen LogP contribution in [0, 0.1) is 11.8 Å². The van der Waals surface area contributed by atoms with Gasteiger partial charge in [0.15, 0.2) is 0 Å². The first-order chi connectivity index (χ1) is 14.5. The molecule has 0 bridgehead atoms. The first-order valence-corrected chi connectivity index (χ1v) is 13.1. The molecule has 0 saturated heterocycles. The van der Waals surface area contributed by atoms with Crippen LogP contribution in [0.2, 0.25) is 0 Å². The second-order valence-electron chi connectivity index (χ2n) is 9.03. The minimum Gasteiger partial charge on any atom is -0.317 e. The van der Waals surface area contributed by atoms with Gasteiger partial charge in [0.25, 0.3) is 0 Å². The van der Waals surface area contributed by atoms with Gasteiger partial charge in [0.2, 0.25) is 15.0 Å². The second kappa shape index (κ2) is 9.60. The summed E-state index contributed by atoms with van der Waals surface area (Å²) >= 11 is 0. The van der Waals surface area contributed by atoms with E-state index in [1.165, 1.54) is 37.7 Å². The van der Waals surface area contributed by atoms with Gasteiger partial charge in [0.1, 0.15) is 0 Å². The minimum absolute atomic E-state index is 0.253. The lowest BCUT2D eigenvalue weighted by atomic mass is 9.89. The normalized spacial score (nSPS) is 18.2. The van der Waals surface area contributed by atoms with Gasteiger partial charge in [0.05, 0.1) is 17.6 Å². The monoisotopic (exact) mass is 430 g/mol. The van der Waals surface area contributed by atoms with Crippen molar-refractivity contribution in [1.82, 2.24) is 19.4 Å². The molecule has 2 aromatic rings. The molecule has 0 spiro atoms. The van der Waals surface area contributed by atoms with Gasteiger partial charge >= 0.3 is 0 Å². The molecule has 2 aliphatic carbocycles. The standard InChI is InChI=1S/C23H34N4O2S/c1-2-26(15-20-10-12-24-13-11-20)17-22-14-25-23(30(28,29)18-21-8-9-21)27(22)16-19-6-4-3-5-7-19/h10-14,19,21H,2-9,15-18H2,1H3. The molecule has 164 valence electrons. The molecule has 2 saturated carbocycles. The van der Waals surface area contributed by atoms with Crippen molar-refractivity contribution >= 4 is 9.84 Å². The third-order valence-electron chi connectivity index (χ3n) is 6.49. The zero-order chi connectivity index (χ0) is 21.0. The van der Waals surface area contributed by atoms with Crippen molar-refractivity contribution in [3.63, 3.8) is 0 Å². The van der Waals surface area contributed by atoms with Crippen molar-refractivity contribution in [2.45, 2.75) is 76.7 Å². The first-order valence-electron chi connectivity index (χ1n) is 11.4. The van der Waals surface area contributed by atoms with Gasteiger partial charge in [-0.15, -0.1) is 0 Å². The van der Waals surface area contributed by atoms with Crippen molar-refractivity contribution in [3.05, 3.63) is 42.0 Å². The van der Waals surface area contributed by atoms with Gasteiger partial charge in [-0.25, -0.2) is 13.4 Å². The summed E-state index contributed by atoms with van der Waals surface area (Å²) in [4.78, 5) is 10.9. The molecule has 4 rings (SSSR count). The Morgan fingerprint density at radius 3 is 2.43 bits per heavy atom. The predicted octanol–water partition coefficient (Wildman–Crippen LogP) is 4.06. The summed E-state index contributed by atoms with van der Waals surface area (Å²) in [7, 11) is -3.33. The lowest BCUT2D eigenvalue weighted by molar-refractivity contribution is 0.253. The summed E-state index contributed by atoms with van der Waals surface area (Å²) in [5.74, 6) is 1.14. The van der Waals surface area contributed by atoms with E-state index in [-0.39, 0.29) is 5.75 Å². The van der Waals surface area contributed by atoms with Crippen LogP contribution in [0.15, 0.2) is 35.9 Å². The van der Waals surface area contributed by atoms with Crippen LogP contribution >= 0.6 is 0 Å². The summed E-state index contributed by atoms with van der Waals surface area (Å²) in [6.45, 7) is 5.34. The van der Waals surface area contributed by atoms with E-state index < -0.39 is 9.84 Å². The summed E-state index contributed by atoms with van der Waals surface area (Å²) in [5.41, 5.74) is 2.23. The van der Waals surface area contributed by atoms with Crippen molar-refractivity contribution in [1.29, 1.82) is 0 Å². The fraction of sp³-hybridized carbons (Fsp3) is 0.652. The number of aromatic nitrogens is 3. The van der Waals surface area contributed by atoms with Crippen molar-refractivity contribution in [2.24, 2.45) is 11.8 Å². The highest BCUT2D eigenvalue weighted by Crippen LogP contribution is 2.33. The van der Waals surface area contributed by atoms with Crippen LogP contribution in [-0.4, -0.2) is 40.2 Å². The highest BCUT2D eigenvalue weighted by atomic mass is 32.2. The Balaban J connectivity index is 1.57. The van der Waals surface area contributed by atoms with Crippen LogP contribution in [0.4, 0.5) is 0 Å². The second-order valence-corrected chi connectivity index (χ2v) is 11.0. The molecule has 0 N–H and O–H groups in total. The SMILES string of the molecule is CCN(Cc1ccncc1)Cc1cnc(S(=O)(=O)CC2CC2)n1CC1CCCCC1. The molecule has 2 aromatic heterocycles. The Morgan fingerprint density at radius 2 is 1.77 bits per heavy atom. The van der Waals surface area contributed by atoms with Gasteiger partial charge in [-0.3, -0.25) is 9.88 Å². The van der Waals surface area contributed by atoms with E-state index in [2.05, 4.69) is 21.8 Å². The average Bonchev–Trinajstić information content (AvgIpc) is 3.47. The first kappa shape index (κ1) is 21.5. The molecule has 0 radical (unpaired) electrons. The van der Waals surface area contributed by atoms with Crippen LogP contribution in [0.1, 0.15) is 63.1 Å². The average molecular weight is 431 g/mol. The van der Waals surface area contributed by atoms with Gasteiger partial charge in [0, 0.05) is 32.0 Å². The summed E-state index contributed by atoms with van der Waals surface area (Å²) in [6.07, 6.45) is 13.7. The number of pyridine rings is 1. The summed E-state index contributed by atoms with van der Waals surface area (Å²) in [5, 5.41) is 0.301. The maximum Gasteiger partial charge on any atom is 0.227 e. The van der Waals surface area contributed by atoms with Crippen LogP contribution in [0.5, 0.6) is 0 Å². The van der Waals surface area contributed by atoms with Gasteiger partial charge in [-0.05, 0) is 61.8 Å². The lowest BCUT2D eigenvalue weighted by Crippen LogP contribution is -2.26. The molecular formula is C23H34N4O2S. The van der Waals surface area contributed by atoms with Crippen LogP contribution in [0.3, 0.4) is 0 Å². The minimum atomic E-state index is -3.33. The zero-order valence-corrected chi connectivity index (χ0v) is 18.9. The summed E-state index contributed by atoms with van der Waals surface area (Å²) < 4.78 is 28.2. The molecular weight excluding hydrogens is 396 g/mol. The number of sulfone groups is 1. The molecule has 0 aliphatic heterocycles. The number of nitrogens with zero attached hydrogens (tertiary/aromatic N) is 4. The Labute approximate surface area is 180 Å². The van der Waals surface area contributed by atoms with E-state index in [0.29, 0.717) is 23.5 Å². The third-order valence-corrected chi connectivity index (χ3v) is 8.28. The molecule has 0 atom stereocenters. The topological polar surface area (TPSA) is 68.1 Å². The smallest absolute Gasteiger partial charge is 0.227 e. The van der Waals surface area contributed by atoms with Crippen molar-refractivity contribution in [3.8, 4) is 0 Å². The highest BCUT2D eigenvalue weighted by Gasteiger charge is 2.33. The Bertz CT molecular complexity index is 916. The molecule has 6 nitrogen and oxygen atoms in total. The van der Waals surface area contributed by atoms with E-state index in [1.807, 2.05) is 29.1 Å². The third kappa shape index (κ3) is 5.49. The van der Waals surface area contributed by atoms with Gasteiger partial charge in [-0.1, -0.05) is 26.2 Å². The van der Waals surface area contributed by atoms with E-state index in [9.17, 15) is 8.42 Å². The summed E-state index contributed by atoms with van der Waals surface area (Å²) in [6, 6.07) is 4.07. The Kier molecular flexibility index (Phi) is 6.88. The maximum absolute atomic E-state index is 13.1. The highest BCUT2D eigenvalue weighted by molar-refractivity contribution is 7.91. The zero-order valence-electron chi connectivity index (χ0n) is 18.0. The molecule has 7 heteroatoms. The number of hydrogen-bond acceptors (Lipinski definition) is 5. The largest absolute Gasteiger partial charge is 0.317 e. The van der Waals surface area contributed by atoms with Crippen LogP contribution in [0.25, 0.3) is 0 Å². The molecule has 0 aromatic carbocycles. The van der Waals surface area contributed by atoms with Crippen molar-refractivity contribution in [2.75, 3.05) is 12.3 Å². The molecule has 0 amide bonds. The molecule has 30 heavy (non-hydrogen) atoms. The molecule has 2 aliphatic rings. The Morgan fingerprint density at radius 1 is 1.03 bits per heavy atom. The fourth-order valence-corrected chi connectivity index (χ4v) is 6.36. The number of rotatable bonds is 10. The number of imidazole rings is 1. The molecule has 2 heterocycles.